The molecular formula is C7H13N5S. The first-order valence-corrected chi connectivity index (χ1v) is 4.37. The van der Waals surface area contributed by atoms with Crippen LogP contribution in [0.2, 0.25) is 0 Å². The van der Waals surface area contributed by atoms with E-state index in [2.05, 4.69) is 15.8 Å². The number of thiocarbonyl (C=S) groups is 1. The van der Waals surface area contributed by atoms with Gasteiger partial charge < -0.3 is 10.7 Å². The molecule has 4 N–H and O–H groups in total. The van der Waals surface area contributed by atoms with E-state index in [1.807, 2.05) is 23.9 Å². The average Bonchev–Trinajstić information content (AvgIpc) is 2.56. The number of nitrogens with one attached hydrogen (secondary N) is 2. The van der Waals surface area contributed by atoms with E-state index >= 15 is 0 Å². The molecule has 1 heterocycles. The molecule has 6 heteroatoms. The molecule has 5 nitrogen and oxygen atoms in total. The molecular weight excluding hydrogens is 186 g/mol. The van der Waals surface area contributed by atoms with E-state index < -0.39 is 0 Å². The number of nitrogens with zero attached hydrogens (tertiary/aromatic N) is 2. The standard InChI is InChI=1S/C7H13N5S/c1-6(10-7(13)11-8)5-12-4-2-3-9-12/h2-4,6H,5,8H2,1H3,(H2,10,11,13). The monoisotopic (exact) mass is 199 g/mol. The second-order valence-corrected chi connectivity index (χ2v) is 3.16. The van der Waals surface area contributed by atoms with E-state index in [0.717, 1.165) is 6.54 Å². The molecule has 0 aliphatic carbocycles. The third-order valence-corrected chi connectivity index (χ3v) is 1.76. The summed E-state index contributed by atoms with van der Waals surface area (Å²) in [5, 5.41) is 7.52. The molecule has 1 rings (SSSR count). The van der Waals surface area contributed by atoms with Gasteiger partial charge in [-0.25, -0.2) is 5.84 Å². The van der Waals surface area contributed by atoms with E-state index in [4.69, 9.17) is 18.1 Å². The molecule has 0 bridgehead atoms. The van der Waals surface area contributed by atoms with Gasteiger partial charge in [-0.05, 0) is 25.2 Å². The zero-order valence-corrected chi connectivity index (χ0v) is 8.21. The van der Waals surface area contributed by atoms with Crippen molar-refractivity contribution < 1.29 is 0 Å². The highest BCUT2D eigenvalue weighted by Gasteiger charge is 2.03. The van der Waals surface area contributed by atoms with Gasteiger partial charge in [0.2, 0.25) is 0 Å². The van der Waals surface area contributed by atoms with Gasteiger partial charge in [-0.1, -0.05) is 0 Å². The van der Waals surface area contributed by atoms with Gasteiger partial charge in [-0.3, -0.25) is 4.68 Å². The number of rotatable bonds is 3. The minimum Gasteiger partial charge on any atom is -0.357 e. The third-order valence-electron chi connectivity index (χ3n) is 1.53. The highest BCUT2D eigenvalue weighted by Crippen LogP contribution is 1.89. The van der Waals surface area contributed by atoms with Gasteiger partial charge in [0.05, 0.1) is 6.54 Å². The summed E-state index contributed by atoms with van der Waals surface area (Å²) in [6.07, 6.45) is 3.64. The first-order chi connectivity index (χ1) is 6.22. The number of hydrogen-bond donors (Lipinski definition) is 3. The first kappa shape index (κ1) is 9.94. The summed E-state index contributed by atoms with van der Waals surface area (Å²) >= 11 is 4.85. The number of hydrogen-bond acceptors (Lipinski definition) is 3. The van der Waals surface area contributed by atoms with Crippen LogP contribution in [0.4, 0.5) is 0 Å². The second-order valence-electron chi connectivity index (χ2n) is 2.75. The van der Waals surface area contributed by atoms with Crippen LogP contribution in [0, 0.1) is 0 Å². The largest absolute Gasteiger partial charge is 0.357 e. The quantitative estimate of drug-likeness (QED) is 0.351. The van der Waals surface area contributed by atoms with Crippen molar-refractivity contribution in [2.45, 2.75) is 19.5 Å². The third kappa shape index (κ3) is 3.39. The number of hydrazine groups is 1. The summed E-state index contributed by atoms with van der Waals surface area (Å²) in [7, 11) is 0. The Labute approximate surface area is 82.3 Å². The summed E-state index contributed by atoms with van der Waals surface area (Å²) < 4.78 is 1.83. The fraction of sp³-hybridized carbons (Fsp3) is 0.429. The van der Waals surface area contributed by atoms with Crippen LogP contribution >= 0.6 is 12.2 Å². The molecule has 72 valence electrons. The van der Waals surface area contributed by atoms with Gasteiger partial charge in [0.1, 0.15) is 0 Å². The molecule has 1 atom stereocenters. The molecule has 1 unspecified atom stereocenters. The van der Waals surface area contributed by atoms with Crippen molar-refractivity contribution in [1.29, 1.82) is 0 Å². The minimum absolute atomic E-state index is 0.198. The molecule has 0 amide bonds. The maximum atomic E-state index is 5.12. The Morgan fingerprint density at radius 2 is 2.54 bits per heavy atom. The summed E-state index contributed by atoms with van der Waals surface area (Å²) in [5.41, 5.74) is 2.37. The molecule has 1 aromatic rings. The smallest absolute Gasteiger partial charge is 0.180 e. The molecule has 0 aliphatic heterocycles. The highest BCUT2D eigenvalue weighted by molar-refractivity contribution is 7.80. The first-order valence-electron chi connectivity index (χ1n) is 3.97. The predicted octanol–water partition coefficient (Wildman–Crippen LogP) is -0.391. The van der Waals surface area contributed by atoms with Gasteiger partial charge in [0, 0.05) is 18.4 Å². The van der Waals surface area contributed by atoms with E-state index in [0.29, 0.717) is 5.11 Å². The lowest BCUT2D eigenvalue weighted by Crippen LogP contribution is -2.45. The number of aromatic nitrogens is 2. The molecule has 0 aromatic carbocycles. The minimum atomic E-state index is 0.198. The van der Waals surface area contributed by atoms with E-state index in [-0.39, 0.29) is 6.04 Å². The molecule has 0 radical (unpaired) electrons. The predicted molar refractivity (Wildman–Crippen MR) is 54.7 cm³/mol. The van der Waals surface area contributed by atoms with E-state index in [1.165, 1.54) is 0 Å². The Morgan fingerprint density at radius 1 is 1.77 bits per heavy atom. The van der Waals surface area contributed by atoms with Crippen LogP contribution in [-0.4, -0.2) is 20.9 Å². The zero-order valence-electron chi connectivity index (χ0n) is 7.40. The van der Waals surface area contributed by atoms with Crippen LogP contribution in [0.3, 0.4) is 0 Å². The Hall–Kier alpha value is -1.14. The average molecular weight is 199 g/mol. The van der Waals surface area contributed by atoms with Gasteiger partial charge in [0.15, 0.2) is 5.11 Å². The lowest BCUT2D eigenvalue weighted by molar-refractivity contribution is 0.503. The van der Waals surface area contributed by atoms with Crippen LogP contribution in [-0.2, 0) is 6.54 Å². The van der Waals surface area contributed by atoms with Crippen LogP contribution in [0.1, 0.15) is 6.92 Å². The van der Waals surface area contributed by atoms with Gasteiger partial charge >= 0.3 is 0 Å². The summed E-state index contributed by atoms with van der Waals surface area (Å²) in [5.74, 6) is 5.12. The molecule has 13 heavy (non-hydrogen) atoms. The van der Waals surface area contributed by atoms with Gasteiger partial charge in [-0.15, -0.1) is 0 Å². The highest BCUT2D eigenvalue weighted by atomic mass is 32.1. The SMILES string of the molecule is CC(Cn1cccn1)NC(=S)NN. The molecule has 0 spiro atoms. The van der Waals surface area contributed by atoms with Crippen molar-refractivity contribution >= 4 is 17.3 Å². The van der Waals surface area contributed by atoms with Crippen LogP contribution in [0.25, 0.3) is 0 Å². The Morgan fingerprint density at radius 3 is 3.08 bits per heavy atom. The van der Waals surface area contributed by atoms with Crippen LogP contribution < -0.4 is 16.6 Å². The van der Waals surface area contributed by atoms with E-state index in [1.54, 1.807) is 6.20 Å². The summed E-state index contributed by atoms with van der Waals surface area (Å²) in [4.78, 5) is 0. The molecule has 0 aliphatic rings. The van der Waals surface area contributed by atoms with Crippen molar-refractivity contribution in [3.63, 3.8) is 0 Å². The topological polar surface area (TPSA) is 67.9 Å². The zero-order chi connectivity index (χ0) is 9.68. The second kappa shape index (κ2) is 4.78. The fourth-order valence-corrected chi connectivity index (χ4v) is 1.20. The molecule has 0 saturated carbocycles. The van der Waals surface area contributed by atoms with Gasteiger partial charge in [-0.2, -0.15) is 5.10 Å². The lowest BCUT2D eigenvalue weighted by atomic mass is 10.3. The maximum absolute atomic E-state index is 5.12. The van der Waals surface area contributed by atoms with Crippen molar-refractivity contribution in [2.75, 3.05) is 0 Å². The Kier molecular flexibility index (Phi) is 3.66. The van der Waals surface area contributed by atoms with Gasteiger partial charge in [0.25, 0.3) is 0 Å². The Balaban J connectivity index is 2.33. The van der Waals surface area contributed by atoms with Crippen molar-refractivity contribution in [3.8, 4) is 0 Å². The van der Waals surface area contributed by atoms with Crippen molar-refractivity contribution in [2.24, 2.45) is 5.84 Å². The normalized spacial score (nSPS) is 12.2. The fourth-order valence-electron chi connectivity index (χ4n) is 1.00. The summed E-state index contributed by atoms with van der Waals surface area (Å²) in [6, 6.07) is 2.08. The Bertz CT molecular complexity index is 258. The number of nitrogens with two attached hydrogens (primary N) is 1. The molecule has 0 fully saturated rings. The molecule has 1 aromatic heterocycles. The van der Waals surface area contributed by atoms with Crippen LogP contribution in [0.5, 0.6) is 0 Å². The molecule has 0 saturated heterocycles. The van der Waals surface area contributed by atoms with E-state index in [9.17, 15) is 0 Å². The van der Waals surface area contributed by atoms with Crippen molar-refractivity contribution in [3.05, 3.63) is 18.5 Å². The lowest BCUT2D eigenvalue weighted by Gasteiger charge is -2.14. The van der Waals surface area contributed by atoms with Crippen LogP contribution in [0.15, 0.2) is 18.5 Å². The van der Waals surface area contributed by atoms with Crippen molar-refractivity contribution in [1.82, 2.24) is 20.5 Å². The maximum Gasteiger partial charge on any atom is 0.180 e. The summed E-state index contributed by atoms with van der Waals surface area (Å²) in [6.45, 7) is 2.76.